The van der Waals surface area contributed by atoms with Gasteiger partial charge in [-0.05, 0) is 54.2 Å². The van der Waals surface area contributed by atoms with Gasteiger partial charge >= 0.3 is 0 Å². The lowest BCUT2D eigenvalue weighted by atomic mass is 10.2. The molecule has 0 N–H and O–H groups in total. The van der Waals surface area contributed by atoms with E-state index in [1.54, 1.807) is 18.2 Å². The van der Waals surface area contributed by atoms with Crippen LogP contribution in [0, 0.1) is 5.82 Å². The van der Waals surface area contributed by atoms with Crippen molar-refractivity contribution in [1.29, 1.82) is 0 Å². The van der Waals surface area contributed by atoms with E-state index >= 15 is 0 Å². The predicted octanol–water partition coefficient (Wildman–Crippen LogP) is 5.37. The molecule has 0 spiro atoms. The number of imide groups is 1. The highest BCUT2D eigenvalue weighted by Gasteiger charge is 2.36. The van der Waals surface area contributed by atoms with Crippen LogP contribution in [0.5, 0.6) is 0 Å². The molecule has 7 heteroatoms. The van der Waals surface area contributed by atoms with Gasteiger partial charge in [0.05, 0.1) is 10.6 Å². The summed E-state index contributed by atoms with van der Waals surface area (Å²) in [6.45, 7) is 0. The number of amides is 2. The van der Waals surface area contributed by atoms with E-state index in [0.717, 1.165) is 16.7 Å². The third-order valence-corrected chi connectivity index (χ3v) is 4.68. The average Bonchev–Trinajstić information content (AvgIpc) is 2.79. The lowest BCUT2D eigenvalue weighted by Crippen LogP contribution is -2.27. The maximum absolute atomic E-state index is 13.0. The van der Waals surface area contributed by atoms with Crippen LogP contribution < -0.4 is 4.90 Å². The standard InChI is InChI=1S/C16H8Cl2FNO2S/c17-12-2-1-3-13(18)11(12)8-14-15(21)20(16(22)23-14)10-6-4-9(19)5-7-10/h1-8H/b14-8-. The van der Waals surface area contributed by atoms with E-state index in [9.17, 15) is 14.0 Å². The smallest absolute Gasteiger partial charge is 0.268 e. The van der Waals surface area contributed by atoms with Crippen LogP contribution in [0.3, 0.4) is 0 Å². The molecule has 0 bridgehead atoms. The van der Waals surface area contributed by atoms with Crippen molar-refractivity contribution >= 4 is 57.9 Å². The van der Waals surface area contributed by atoms with Crippen molar-refractivity contribution < 1.29 is 14.0 Å². The number of halogens is 3. The summed E-state index contributed by atoms with van der Waals surface area (Å²) in [5.74, 6) is -0.943. The third-order valence-electron chi connectivity index (χ3n) is 3.15. The molecule has 1 heterocycles. The second-order valence-corrected chi connectivity index (χ2v) is 6.44. The maximum atomic E-state index is 13.0. The van der Waals surface area contributed by atoms with Crippen molar-refractivity contribution in [2.75, 3.05) is 4.90 Å². The van der Waals surface area contributed by atoms with Gasteiger partial charge in [0.1, 0.15) is 5.82 Å². The Labute approximate surface area is 145 Å². The Morgan fingerprint density at radius 1 is 1.00 bits per heavy atom. The lowest BCUT2D eigenvalue weighted by Gasteiger charge is -2.12. The maximum Gasteiger partial charge on any atom is 0.298 e. The molecule has 0 aliphatic carbocycles. The van der Waals surface area contributed by atoms with Gasteiger partial charge in [0.2, 0.25) is 0 Å². The molecule has 1 aliphatic heterocycles. The van der Waals surface area contributed by atoms with Gasteiger partial charge in [0.15, 0.2) is 0 Å². The van der Waals surface area contributed by atoms with Crippen molar-refractivity contribution in [3.8, 4) is 0 Å². The van der Waals surface area contributed by atoms with Crippen LogP contribution in [0.15, 0.2) is 47.4 Å². The summed E-state index contributed by atoms with van der Waals surface area (Å²) in [6.07, 6.45) is 1.49. The minimum atomic E-state index is -0.498. The fourth-order valence-electron chi connectivity index (χ4n) is 2.06. The molecule has 2 aromatic carbocycles. The molecule has 116 valence electrons. The zero-order valence-corrected chi connectivity index (χ0v) is 13.8. The van der Waals surface area contributed by atoms with Gasteiger partial charge in [-0.25, -0.2) is 9.29 Å². The first kappa shape index (κ1) is 16.1. The summed E-state index contributed by atoms with van der Waals surface area (Å²) >= 11 is 12.9. The summed E-state index contributed by atoms with van der Waals surface area (Å²) in [5, 5.41) is 0.299. The summed E-state index contributed by atoms with van der Waals surface area (Å²) in [4.78, 5) is 25.8. The lowest BCUT2D eigenvalue weighted by molar-refractivity contribution is -0.113. The molecule has 0 unspecified atom stereocenters. The molecule has 3 rings (SSSR count). The molecule has 0 radical (unpaired) electrons. The number of carbonyl (C=O) groups excluding carboxylic acids is 2. The molecular formula is C16H8Cl2FNO2S. The highest BCUT2D eigenvalue weighted by atomic mass is 35.5. The van der Waals surface area contributed by atoms with E-state index < -0.39 is 17.0 Å². The van der Waals surface area contributed by atoms with E-state index in [0.29, 0.717) is 21.3 Å². The Hall–Kier alpha value is -1.82. The number of rotatable bonds is 2. The number of benzene rings is 2. The second-order valence-electron chi connectivity index (χ2n) is 4.63. The monoisotopic (exact) mass is 367 g/mol. The Bertz CT molecular complexity index is 816. The normalized spacial score (nSPS) is 16.5. The first-order valence-electron chi connectivity index (χ1n) is 6.45. The highest BCUT2D eigenvalue weighted by Crippen LogP contribution is 2.37. The summed E-state index contributed by atoms with van der Waals surface area (Å²) < 4.78 is 13.0. The first-order valence-corrected chi connectivity index (χ1v) is 8.02. The summed E-state index contributed by atoms with van der Waals surface area (Å²) in [7, 11) is 0. The van der Waals surface area contributed by atoms with Gasteiger partial charge < -0.3 is 0 Å². The molecular weight excluding hydrogens is 360 g/mol. The van der Waals surface area contributed by atoms with Crippen molar-refractivity contribution in [3.63, 3.8) is 0 Å². The molecule has 0 saturated carbocycles. The highest BCUT2D eigenvalue weighted by molar-refractivity contribution is 8.19. The molecule has 3 nitrogen and oxygen atoms in total. The fraction of sp³-hybridized carbons (Fsp3) is 0. The van der Waals surface area contributed by atoms with E-state index in [4.69, 9.17) is 23.2 Å². The largest absolute Gasteiger partial charge is 0.298 e. The number of carbonyl (C=O) groups is 2. The molecule has 1 aliphatic rings. The zero-order chi connectivity index (χ0) is 16.6. The van der Waals surface area contributed by atoms with Gasteiger partial charge in [-0.1, -0.05) is 29.3 Å². The van der Waals surface area contributed by atoms with Crippen LogP contribution in [0.4, 0.5) is 14.9 Å². The Morgan fingerprint density at radius 3 is 2.22 bits per heavy atom. The quantitative estimate of drug-likeness (QED) is 0.669. The van der Waals surface area contributed by atoms with Gasteiger partial charge in [-0.3, -0.25) is 9.59 Å². The summed E-state index contributed by atoms with van der Waals surface area (Å²) in [6, 6.07) is 10.1. The SMILES string of the molecule is O=C1S/C(=C\c2c(Cl)cccc2Cl)C(=O)N1c1ccc(F)cc1. The average molecular weight is 368 g/mol. The second kappa shape index (κ2) is 6.35. The molecule has 2 amide bonds. The number of hydrogen-bond acceptors (Lipinski definition) is 3. The van der Waals surface area contributed by atoms with Crippen LogP contribution in [-0.2, 0) is 4.79 Å². The Kier molecular flexibility index (Phi) is 4.43. The Balaban J connectivity index is 1.98. The van der Waals surface area contributed by atoms with E-state index in [2.05, 4.69) is 0 Å². The predicted molar refractivity (Wildman–Crippen MR) is 91.3 cm³/mol. The van der Waals surface area contributed by atoms with Crippen LogP contribution in [0.25, 0.3) is 6.08 Å². The van der Waals surface area contributed by atoms with Gasteiger partial charge in [-0.15, -0.1) is 0 Å². The Morgan fingerprint density at radius 2 is 1.61 bits per heavy atom. The molecule has 0 atom stereocenters. The van der Waals surface area contributed by atoms with Crippen molar-refractivity contribution in [2.24, 2.45) is 0 Å². The number of anilines is 1. The minimum absolute atomic E-state index is 0.203. The van der Waals surface area contributed by atoms with Crippen LogP contribution in [-0.4, -0.2) is 11.1 Å². The molecule has 23 heavy (non-hydrogen) atoms. The molecule has 2 aromatic rings. The van der Waals surface area contributed by atoms with Crippen LogP contribution >= 0.6 is 35.0 Å². The van der Waals surface area contributed by atoms with E-state index in [1.807, 2.05) is 0 Å². The van der Waals surface area contributed by atoms with Crippen LogP contribution in [0.1, 0.15) is 5.56 Å². The molecule has 0 aromatic heterocycles. The van der Waals surface area contributed by atoms with E-state index in [1.165, 1.54) is 30.3 Å². The fourth-order valence-corrected chi connectivity index (χ4v) is 3.39. The molecule has 1 fully saturated rings. The van der Waals surface area contributed by atoms with E-state index in [-0.39, 0.29) is 4.91 Å². The molecule has 1 saturated heterocycles. The van der Waals surface area contributed by atoms with Gasteiger partial charge in [0, 0.05) is 15.6 Å². The van der Waals surface area contributed by atoms with Crippen molar-refractivity contribution in [1.82, 2.24) is 0 Å². The van der Waals surface area contributed by atoms with Gasteiger partial charge in [-0.2, -0.15) is 0 Å². The number of thioether (sulfide) groups is 1. The van der Waals surface area contributed by atoms with Gasteiger partial charge in [0.25, 0.3) is 11.1 Å². The topological polar surface area (TPSA) is 37.4 Å². The third kappa shape index (κ3) is 3.13. The number of hydrogen-bond donors (Lipinski definition) is 0. The minimum Gasteiger partial charge on any atom is -0.268 e. The summed E-state index contributed by atoms with van der Waals surface area (Å²) in [5.41, 5.74) is 0.781. The number of nitrogens with zero attached hydrogens (tertiary/aromatic N) is 1. The van der Waals surface area contributed by atoms with Crippen LogP contribution in [0.2, 0.25) is 10.0 Å². The zero-order valence-electron chi connectivity index (χ0n) is 11.4. The van der Waals surface area contributed by atoms with Crippen molar-refractivity contribution in [3.05, 3.63) is 68.8 Å². The van der Waals surface area contributed by atoms with Crippen molar-refractivity contribution in [2.45, 2.75) is 0 Å². The first-order chi connectivity index (χ1) is 11.0.